The molecule has 3 amide bonds. The fourth-order valence-electron chi connectivity index (χ4n) is 3.04. The first kappa shape index (κ1) is 22.5. The monoisotopic (exact) mass is 402 g/mol. The van der Waals surface area contributed by atoms with Crippen molar-refractivity contribution in [1.82, 2.24) is 14.4 Å². The van der Waals surface area contributed by atoms with Gasteiger partial charge < -0.3 is 19.7 Å². The van der Waals surface area contributed by atoms with Gasteiger partial charge in [-0.2, -0.15) is 0 Å². The number of halogens is 1. The summed E-state index contributed by atoms with van der Waals surface area (Å²) in [7, 11) is 1.94. The van der Waals surface area contributed by atoms with E-state index in [2.05, 4.69) is 19.2 Å². The highest BCUT2D eigenvalue weighted by molar-refractivity contribution is 5.92. The number of nitrogens with one attached hydrogen (secondary N) is 1. The summed E-state index contributed by atoms with van der Waals surface area (Å²) in [6.45, 7) is 8.75. The first-order chi connectivity index (χ1) is 13.7. The maximum absolute atomic E-state index is 13.9. The molecule has 0 aliphatic carbocycles. The third-order valence-corrected chi connectivity index (χ3v) is 4.65. The SMILES string of the molecule is CC(C)CN(Cc1cccn1C)C(=O)CN(C(=O)Nc1ccccc1F)C(C)C. The van der Waals surface area contributed by atoms with Gasteiger partial charge in [-0.15, -0.1) is 0 Å². The molecule has 0 radical (unpaired) electrons. The van der Waals surface area contributed by atoms with Crippen molar-refractivity contribution in [1.29, 1.82) is 0 Å². The van der Waals surface area contributed by atoms with Crippen LogP contribution in [0.5, 0.6) is 0 Å². The van der Waals surface area contributed by atoms with E-state index in [4.69, 9.17) is 0 Å². The molecule has 0 fully saturated rings. The molecule has 1 aromatic carbocycles. The van der Waals surface area contributed by atoms with Gasteiger partial charge >= 0.3 is 6.03 Å². The molecule has 2 aromatic rings. The standard InChI is InChI=1S/C22H31FN4O2/c1-16(2)13-26(14-18-9-8-12-25(18)5)21(28)15-27(17(3)4)22(29)24-20-11-7-6-10-19(20)23/h6-12,16-17H,13-15H2,1-5H3,(H,24,29). The molecule has 0 bridgehead atoms. The Morgan fingerprint density at radius 3 is 2.34 bits per heavy atom. The predicted octanol–water partition coefficient (Wildman–Crippen LogP) is 4.09. The van der Waals surface area contributed by atoms with E-state index in [1.807, 2.05) is 43.8 Å². The van der Waals surface area contributed by atoms with Crippen LogP contribution in [0, 0.1) is 11.7 Å². The molecule has 0 atom stereocenters. The Balaban J connectivity index is 2.13. The van der Waals surface area contributed by atoms with Gasteiger partial charge in [-0.05, 0) is 44.0 Å². The number of urea groups is 1. The molecule has 1 heterocycles. The Morgan fingerprint density at radius 2 is 1.79 bits per heavy atom. The minimum Gasteiger partial charge on any atom is -0.353 e. The summed E-state index contributed by atoms with van der Waals surface area (Å²) in [4.78, 5) is 29.0. The molecule has 6 nitrogen and oxygen atoms in total. The fraction of sp³-hybridized carbons (Fsp3) is 0.455. The largest absolute Gasteiger partial charge is 0.353 e. The molecule has 0 spiro atoms. The van der Waals surface area contributed by atoms with Gasteiger partial charge in [0.25, 0.3) is 0 Å². The quantitative estimate of drug-likeness (QED) is 0.723. The Bertz CT molecular complexity index is 832. The highest BCUT2D eigenvalue weighted by Crippen LogP contribution is 2.15. The van der Waals surface area contributed by atoms with Gasteiger partial charge in [0.2, 0.25) is 5.91 Å². The molecule has 0 saturated carbocycles. The van der Waals surface area contributed by atoms with Gasteiger partial charge in [-0.1, -0.05) is 26.0 Å². The number of carbonyl (C=O) groups excluding carboxylic acids is 2. The van der Waals surface area contributed by atoms with E-state index in [-0.39, 0.29) is 24.2 Å². The zero-order chi connectivity index (χ0) is 21.6. The van der Waals surface area contributed by atoms with Gasteiger partial charge in [0.15, 0.2) is 0 Å². The second-order valence-electron chi connectivity index (χ2n) is 7.91. The van der Waals surface area contributed by atoms with Crippen LogP contribution >= 0.6 is 0 Å². The van der Waals surface area contributed by atoms with E-state index >= 15 is 0 Å². The van der Waals surface area contributed by atoms with E-state index in [0.717, 1.165) is 5.69 Å². The zero-order valence-corrected chi connectivity index (χ0v) is 17.9. The van der Waals surface area contributed by atoms with Crippen molar-refractivity contribution < 1.29 is 14.0 Å². The first-order valence-corrected chi connectivity index (χ1v) is 9.89. The molecule has 7 heteroatoms. The van der Waals surface area contributed by atoms with Crippen LogP contribution in [-0.4, -0.2) is 45.4 Å². The van der Waals surface area contributed by atoms with Crippen LogP contribution in [0.25, 0.3) is 0 Å². The Morgan fingerprint density at radius 1 is 1.10 bits per heavy atom. The lowest BCUT2D eigenvalue weighted by atomic mass is 10.2. The molecule has 1 aromatic heterocycles. The van der Waals surface area contributed by atoms with Crippen molar-refractivity contribution in [3.05, 3.63) is 54.1 Å². The minimum atomic E-state index is -0.513. The average Bonchev–Trinajstić information content (AvgIpc) is 3.04. The molecule has 0 aliphatic rings. The lowest BCUT2D eigenvalue weighted by Gasteiger charge is -2.31. The number of aryl methyl sites for hydroxylation is 1. The van der Waals surface area contributed by atoms with E-state index in [1.165, 1.54) is 17.0 Å². The van der Waals surface area contributed by atoms with Crippen LogP contribution < -0.4 is 5.32 Å². The van der Waals surface area contributed by atoms with E-state index in [9.17, 15) is 14.0 Å². The second-order valence-corrected chi connectivity index (χ2v) is 7.91. The van der Waals surface area contributed by atoms with Gasteiger partial charge in [-0.3, -0.25) is 4.79 Å². The fourth-order valence-corrected chi connectivity index (χ4v) is 3.04. The van der Waals surface area contributed by atoms with Gasteiger partial charge in [-0.25, -0.2) is 9.18 Å². The summed E-state index contributed by atoms with van der Waals surface area (Å²) in [5.41, 5.74) is 1.12. The van der Waals surface area contributed by atoms with Gasteiger partial charge in [0.05, 0.1) is 12.2 Å². The number of hydrogen-bond donors (Lipinski definition) is 1. The molecule has 29 heavy (non-hydrogen) atoms. The molecular formula is C22H31FN4O2. The third-order valence-electron chi connectivity index (χ3n) is 4.65. The van der Waals surface area contributed by atoms with Crippen molar-refractivity contribution >= 4 is 17.6 Å². The lowest BCUT2D eigenvalue weighted by Crippen LogP contribution is -2.48. The van der Waals surface area contributed by atoms with Crippen LogP contribution in [0.4, 0.5) is 14.9 Å². The Hall–Kier alpha value is -2.83. The van der Waals surface area contributed by atoms with Crippen molar-refractivity contribution in [2.45, 2.75) is 40.3 Å². The number of rotatable bonds is 8. The number of nitrogens with zero attached hydrogens (tertiary/aromatic N) is 3. The van der Waals surface area contributed by atoms with E-state index in [1.54, 1.807) is 17.0 Å². The average molecular weight is 403 g/mol. The molecule has 1 N–H and O–H groups in total. The van der Waals surface area contributed by atoms with Gasteiger partial charge in [0.1, 0.15) is 12.4 Å². The summed E-state index contributed by atoms with van der Waals surface area (Å²) < 4.78 is 15.9. The second kappa shape index (κ2) is 10.1. The zero-order valence-electron chi connectivity index (χ0n) is 17.9. The number of carbonyl (C=O) groups is 2. The molecule has 0 unspecified atom stereocenters. The smallest absolute Gasteiger partial charge is 0.322 e. The predicted molar refractivity (Wildman–Crippen MR) is 113 cm³/mol. The number of amides is 3. The Kier molecular flexibility index (Phi) is 7.82. The Labute approximate surface area is 172 Å². The number of aromatic nitrogens is 1. The highest BCUT2D eigenvalue weighted by atomic mass is 19.1. The maximum Gasteiger partial charge on any atom is 0.322 e. The molecule has 2 rings (SSSR count). The van der Waals surface area contributed by atoms with E-state index in [0.29, 0.717) is 19.0 Å². The highest BCUT2D eigenvalue weighted by Gasteiger charge is 2.25. The molecule has 0 saturated heterocycles. The number of para-hydroxylation sites is 1. The minimum absolute atomic E-state index is 0.0743. The molecular weight excluding hydrogens is 371 g/mol. The lowest BCUT2D eigenvalue weighted by molar-refractivity contribution is -0.133. The number of benzene rings is 1. The van der Waals surface area contributed by atoms with Crippen LogP contribution in [-0.2, 0) is 18.4 Å². The molecule has 158 valence electrons. The topological polar surface area (TPSA) is 57.6 Å². The van der Waals surface area contributed by atoms with Crippen LogP contribution in [0.15, 0.2) is 42.6 Å². The first-order valence-electron chi connectivity index (χ1n) is 9.89. The number of hydrogen-bond acceptors (Lipinski definition) is 2. The summed E-state index contributed by atoms with van der Waals surface area (Å²) >= 11 is 0. The van der Waals surface area contributed by atoms with Crippen molar-refractivity contribution in [2.75, 3.05) is 18.4 Å². The van der Waals surface area contributed by atoms with Crippen molar-refractivity contribution in [3.8, 4) is 0 Å². The normalized spacial score (nSPS) is 11.0. The van der Waals surface area contributed by atoms with Crippen molar-refractivity contribution in [3.63, 3.8) is 0 Å². The van der Waals surface area contributed by atoms with Crippen LogP contribution in [0.1, 0.15) is 33.4 Å². The van der Waals surface area contributed by atoms with Crippen LogP contribution in [0.2, 0.25) is 0 Å². The van der Waals surface area contributed by atoms with E-state index < -0.39 is 11.8 Å². The maximum atomic E-state index is 13.9. The summed E-state index contributed by atoms with van der Waals surface area (Å²) in [6.07, 6.45) is 1.94. The third kappa shape index (κ3) is 6.34. The number of anilines is 1. The van der Waals surface area contributed by atoms with Crippen LogP contribution in [0.3, 0.4) is 0 Å². The molecule has 0 aliphatic heterocycles. The summed E-state index contributed by atoms with van der Waals surface area (Å²) in [5, 5.41) is 2.57. The summed E-state index contributed by atoms with van der Waals surface area (Å²) in [6, 6.07) is 9.18. The van der Waals surface area contributed by atoms with Gasteiger partial charge in [0, 0.05) is 31.5 Å². The summed E-state index contributed by atoms with van der Waals surface area (Å²) in [5.74, 6) is -0.364. The van der Waals surface area contributed by atoms with Crippen molar-refractivity contribution in [2.24, 2.45) is 13.0 Å².